The fraction of sp³-hybridized carbons (Fsp3) is 0.786. The van der Waals surface area contributed by atoms with Crippen molar-refractivity contribution in [2.24, 2.45) is 11.8 Å². The maximum atomic E-state index is 11.8. The van der Waals surface area contributed by atoms with Gasteiger partial charge in [0.25, 0.3) is 0 Å². The average molecular weight is 206 g/mol. The molecule has 1 rings (SSSR count). The number of hydrogen-bond donors (Lipinski definition) is 0. The van der Waals surface area contributed by atoms with Crippen LogP contribution in [0.25, 0.3) is 0 Å². The van der Waals surface area contributed by atoms with E-state index >= 15 is 0 Å². The molecule has 0 amide bonds. The molecule has 1 saturated carbocycles. The van der Waals surface area contributed by atoms with Gasteiger partial charge in [0.05, 0.1) is 0 Å². The molecule has 0 atom stereocenters. The minimum absolute atomic E-state index is 0.353. The fourth-order valence-corrected chi connectivity index (χ4v) is 2.41. The van der Waals surface area contributed by atoms with E-state index in [0.717, 1.165) is 25.2 Å². The van der Waals surface area contributed by atoms with Crippen LogP contribution in [-0.2, 0) is 4.79 Å². The second-order valence-electron chi connectivity index (χ2n) is 4.52. The highest BCUT2D eigenvalue weighted by Crippen LogP contribution is 2.31. The van der Waals surface area contributed by atoms with Gasteiger partial charge < -0.3 is 0 Å². The summed E-state index contributed by atoms with van der Waals surface area (Å²) in [4.78, 5) is 11.8. The van der Waals surface area contributed by atoms with Crippen molar-refractivity contribution in [1.29, 1.82) is 0 Å². The van der Waals surface area contributed by atoms with E-state index in [4.69, 9.17) is 0 Å². The summed E-state index contributed by atoms with van der Waals surface area (Å²) in [5.41, 5.74) is 0. The molecule has 0 N–H and O–H groups in total. The van der Waals surface area contributed by atoms with Crippen molar-refractivity contribution < 1.29 is 4.79 Å². The van der Waals surface area contributed by atoms with E-state index in [1.807, 2.05) is 6.92 Å². The lowest BCUT2D eigenvalue weighted by atomic mass is 9.78. The van der Waals surface area contributed by atoms with Gasteiger partial charge in [-0.3, -0.25) is 4.79 Å². The van der Waals surface area contributed by atoms with Crippen molar-refractivity contribution in [2.75, 3.05) is 0 Å². The summed E-state index contributed by atoms with van der Waals surface area (Å²) in [6.45, 7) is 4.08. The second-order valence-corrected chi connectivity index (χ2v) is 4.52. The van der Waals surface area contributed by atoms with Gasteiger partial charge in [-0.25, -0.2) is 0 Å². The molecule has 0 heterocycles. The van der Waals surface area contributed by atoms with Crippen LogP contribution in [0.4, 0.5) is 0 Å². The highest BCUT2D eigenvalue weighted by atomic mass is 16.1. The second kappa shape index (κ2) is 6.67. The fourth-order valence-electron chi connectivity index (χ4n) is 2.41. The van der Waals surface area contributed by atoms with Crippen molar-refractivity contribution in [3.63, 3.8) is 0 Å². The van der Waals surface area contributed by atoms with Gasteiger partial charge in [-0.2, -0.15) is 0 Å². The number of hydrogen-bond acceptors (Lipinski definition) is 1. The lowest BCUT2D eigenvalue weighted by Crippen LogP contribution is -2.21. The van der Waals surface area contributed by atoms with Crippen molar-refractivity contribution in [3.8, 4) is 11.8 Å². The smallest absolute Gasteiger partial charge is 0.136 e. The zero-order valence-electron chi connectivity index (χ0n) is 10.0. The minimum Gasteiger partial charge on any atom is -0.299 e. The van der Waals surface area contributed by atoms with Gasteiger partial charge in [-0.05, 0) is 38.5 Å². The number of rotatable bonds is 4. The maximum absolute atomic E-state index is 11.8. The zero-order chi connectivity index (χ0) is 11.1. The molecule has 1 heteroatoms. The standard InChI is InChI=1S/C14H22O/c1-3-5-6-7-14(15)13-10-8-12(4-2)9-11-13/h12-13H,4,6-11H2,1-2H3. The van der Waals surface area contributed by atoms with Crippen molar-refractivity contribution in [3.05, 3.63) is 0 Å². The molecule has 0 aromatic carbocycles. The summed E-state index contributed by atoms with van der Waals surface area (Å²) in [6, 6.07) is 0. The average Bonchev–Trinajstić information content (AvgIpc) is 2.29. The summed E-state index contributed by atoms with van der Waals surface area (Å²) >= 11 is 0. The van der Waals surface area contributed by atoms with E-state index < -0.39 is 0 Å². The quantitative estimate of drug-likeness (QED) is 0.643. The number of carbonyl (C=O) groups is 1. The van der Waals surface area contributed by atoms with E-state index in [-0.39, 0.29) is 0 Å². The molecule has 0 spiro atoms. The molecule has 0 unspecified atom stereocenters. The Morgan fingerprint density at radius 3 is 2.47 bits per heavy atom. The van der Waals surface area contributed by atoms with E-state index in [1.54, 1.807) is 0 Å². The molecule has 84 valence electrons. The molecule has 1 aliphatic carbocycles. The first kappa shape index (κ1) is 12.3. The molecule has 0 aromatic rings. The predicted octanol–water partition coefficient (Wildman–Crippen LogP) is 3.58. The SMILES string of the molecule is CC#CCCC(=O)C1CCC(CC)CC1. The lowest BCUT2D eigenvalue weighted by molar-refractivity contribution is -0.123. The summed E-state index contributed by atoms with van der Waals surface area (Å²) < 4.78 is 0. The van der Waals surface area contributed by atoms with Gasteiger partial charge >= 0.3 is 0 Å². The summed E-state index contributed by atoms with van der Waals surface area (Å²) in [7, 11) is 0. The van der Waals surface area contributed by atoms with Crippen LogP contribution >= 0.6 is 0 Å². The lowest BCUT2D eigenvalue weighted by Gasteiger charge is -2.26. The Balaban J connectivity index is 2.25. The third-order valence-corrected chi connectivity index (χ3v) is 3.55. The van der Waals surface area contributed by atoms with Crippen LogP contribution in [-0.4, -0.2) is 5.78 Å². The molecular weight excluding hydrogens is 184 g/mol. The molecule has 0 saturated heterocycles. The largest absolute Gasteiger partial charge is 0.299 e. The van der Waals surface area contributed by atoms with Crippen LogP contribution in [0.5, 0.6) is 0 Å². The van der Waals surface area contributed by atoms with Crippen molar-refractivity contribution >= 4 is 5.78 Å². The summed E-state index contributed by atoms with van der Waals surface area (Å²) in [5, 5.41) is 0. The van der Waals surface area contributed by atoms with Gasteiger partial charge in [0.15, 0.2) is 0 Å². The molecule has 15 heavy (non-hydrogen) atoms. The van der Waals surface area contributed by atoms with E-state index in [1.165, 1.54) is 19.3 Å². The highest BCUT2D eigenvalue weighted by Gasteiger charge is 2.24. The normalized spacial score (nSPS) is 25.5. The Kier molecular flexibility index (Phi) is 5.47. The third kappa shape index (κ3) is 4.08. The van der Waals surface area contributed by atoms with Crippen LogP contribution in [0.15, 0.2) is 0 Å². The predicted molar refractivity (Wildman–Crippen MR) is 63.4 cm³/mol. The Morgan fingerprint density at radius 1 is 1.27 bits per heavy atom. The number of Topliss-reactive ketones (excluding diaryl/α,β-unsaturated/α-hetero) is 1. The van der Waals surface area contributed by atoms with E-state index in [2.05, 4.69) is 18.8 Å². The maximum Gasteiger partial charge on any atom is 0.136 e. The Bertz CT molecular complexity index is 248. The van der Waals surface area contributed by atoms with Crippen LogP contribution in [0, 0.1) is 23.7 Å². The number of carbonyl (C=O) groups excluding carboxylic acids is 1. The first-order valence-corrected chi connectivity index (χ1v) is 6.20. The zero-order valence-corrected chi connectivity index (χ0v) is 10.0. The molecule has 0 aliphatic heterocycles. The van der Waals surface area contributed by atoms with Crippen molar-refractivity contribution in [2.45, 2.75) is 58.8 Å². The van der Waals surface area contributed by atoms with Gasteiger partial charge in [0.2, 0.25) is 0 Å². The van der Waals surface area contributed by atoms with Gasteiger partial charge in [0, 0.05) is 18.8 Å². The third-order valence-electron chi connectivity index (χ3n) is 3.55. The monoisotopic (exact) mass is 206 g/mol. The molecule has 0 radical (unpaired) electrons. The summed E-state index contributed by atoms with van der Waals surface area (Å²) in [6.07, 6.45) is 7.46. The van der Waals surface area contributed by atoms with Gasteiger partial charge in [-0.1, -0.05) is 13.3 Å². The molecular formula is C14H22O. The van der Waals surface area contributed by atoms with Crippen LogP contribution < -0.4 is 0 Å². The van der Waals surface area contributed by atoms with E-state index in [0.29, 0.717) is 18.1 Å². The Morgan fingerprint density at radius 2 is 1.93 bits per heavy atom. The number of ketones is 1. The highest BCUT2D eigenvalue weighted by molar-refractivity contribution is 5.81. The van der Waals surface area contributed by atoms with E-state index in [9.17, 15) is 4.79 Å². The minimum atomic E-state index is 0.353. The Hall–Kier alpha value is -0.770. The molecule has 1 nitrogen and oxygen atoms in total. The van der Waals surface area contributed by atoms with Crippen molar-refractivity contribution in [1.82, 2.24) is 0 Å². The van der Waals surface area contributed by atoms with Crippen LogP contribution in [0.1, 0.15) is 58.8 Å². The Labute approximate surface area is 93.6 Å². The van der Waals surface area contributed by atoms with Gasteiger partial charge in [-0.15, -0.1) is 11.8 Å². The molecule has 0 bridgehead atoms. The van der Waals surface area contributed by atoms with Crippen LogP contribution in [0.2, 0.25) is 0 Å². The van der Waals surface area contributed by atoms with Gasteiger partial charge in [0.1, 0.15) is 5.78 Å². The first-order valence-electron chi connectivity index (χ1n) is 6.20. The summed E-state index contributed by atoms with van der Waals surface area (Å²) in [5.74, 6) is 7.49. The topological polar surface area (TPSA) is 17.1 Å². The molecule has 0 aromatic heterocycles. The van der Waals surface area contributed by atoms with Crippen LogP contribution in [0.3, 0.4) is 0 Å². The first-order chi connectivity index (χ1) is 7.27. The molecule has 1 fully saturated rings. The molecule has 1 aliphatic rings.